The molecule has 0 radical (unpaired) electrons. The molecule has 1 aromatic carbocycles. The largest absolute Gasteiger partial charge is 0.388 e. The summed E-state index contributed by atoms with van der Waals surface area (Å²) in [4.78, 5) is 0. The Morgan fingerprint density at radius 2 is 1.84 bits per heavy atom. The number of hydrogen-bond acceptors (Lipinski definition) is 2. The van der Waals surface area contributed by atoms with E-state index in [0.717, 1.165) is 5.56 Å². The molecule has 2 nitrogen and oxygen atoms in total. The van der Waals surface area contributed by atoms with Gasteiger partial charge in [-0.05, 0) is 43.9 Å². The first-order chi connectivity index (χ1) is 9.15. The van der Waals surface area contributed by atoms with Crippen LogP contribution in [0.25, 0.3) is 0 Å². The van der Waals surface area contributed by atoms with Crippen LogP contribution in [-0.4, -0.2) is 17.2 Å². The molecule has 2 atom stereocenters. The monoisotopic (exact) mass is 265 g/mol. The lowest BCUT2D eigenvalue weighted by Gasteiger charge is -2.27. The van der Waals surface area contributed by atoms with Gasteiger partial charge in [-0.3, -0.25) is 0 Å². The van der Waals surface area contributed by atoms with Gasteiger partial charge in [0.2, 0.25) is 0 Å². The van der Waals surface area contributed by atoms with Crippen LogP contribution in [-0.2, 0) is 0 Å². The first kappa shape index (κ1) is 14.5. The third-order valence-electron chi connectivity index (χ3n) is 3.96. The lowest BCUT2D eigenvalue weighted by molar-refractivity contribution is 0.149. The van der Waals surface area contributed by atoms with Crippen LogP contribution in [0.1, 0.15) is 57.1 Å². The van der Waals surface area contributed by atoms with E-state index in [-0.39, 0.29) is 11.9 Å². The zero-order chi connectivity index (χ0) is 13.7. The van der Waals surface area contributed by atoms with Gasteiger partial charge in [0.1, 0.15) is 5.82 Å². The molecule has 2 unspecified atom stereocenters. The minimum absolute atomic E-state index is 0.260. The van der Waals surface area contributed by atoms with Crippen LogP contribution in [0.4, 0.5) is 4.39 Å². The molecular formula is C16H24FNO. The van der Waals surface area contributed by atoms with E-state index < -0.39 is 6.10 Å². The molecule has 0 bridgehead atoms. The molecule has 2 N–H and O–H groups in total. The summed E-state index contributed by atoms with van der Waals surface area (Å²) in [6.07, 6.45) is 6.61. The number of halogens is 1. The molecule has 2 rings (SSSR count). The molecule has 3 heteroatoms. The summed E-state index contributed by atoms with van der Waals surface area (Å²) in [5.41, 5.74) is 0.790. The smallest absolute Gasteiger partial charge is 0.123 e. The predicted molar refractivity (Wildman–Crippen MR) is 75.4 cm³/mol. The van der Waals surface area contributed by atoms with E-state index in [1.807, 2.05) is 0 Å². The van der Waals surface area contributed by atoms with Gasteiger partial charge in [0.15, 0.2) is 0 Å². The second-order valence-electron chi connectivity index (χ2n) is 5.71. The van der Waals surface area contributed by atoms with Crippen molar-refractivity contribution in [2.24, 2.45) is 0 Å². The molecule has 0 aromatic heterocycles. The van der Waals surface area contributed by atoms with E-state index in [1.165, 1.54) is 44.2 Å². The molecule has 1 saturated carbocycles. The van der Waals surface area contributed by atoms with Gasteiger partial charge in [-0.25, -0.2) is 4.39 Å². The Labute approximate surface area is 115 Å². The average molecular weight is 265 g/mol. The SMILES string of the molecule is CC(CC(O)c1ccc(F)cc1)NC1CCCCC1. The van der Waals surface area contributed by atoms with Crippen LogP contribution in [0, 0.1) is 5.82 Å². The van der Waals surface area contributed by atoms with Gasteiger partial charge < -0.3 is 10.4 Å². The third kappa shape index (κ3) is 4.59. The van der Waals surface area contributed by atoms with Gasteiger partial charge in [-0.2, -0.15) is 0 Å². The molecule has 106 valence electrons. The minimum atomic E-state index is -0.522. The van der Waals surface area contributed by atoms with E-state index in [0.29, 0.717) is 12.5 Å². The van der Waals surface area contributed by atoms with Crippen LogP contribution in [0.15, 0.2) is 24.3 Å². The van der Waals surface area contributed by atoms with Crippen LogP contribution < -0.4 is 5.32 Å². The quantitative estimate of drug-likeness (QED) is 0.853. The lowest BCUT2D eigenvalue weighted by atomic mass is 9.94. The summed E-state index contributed by atoms with van der Waals surface area (Å²) in [7, 11) is 0. The molecule has 0 aliphatic heterocycles. The maximum atomic E-state index is 12.8. The topological polar surface area (TPSA) is 32.3 Å². The molecule has 19 heavy (non-hydrogen) atoms. The molecule has 0 saturated heterocycles. The molecule has 1 fully saturated rings. The van der Waals surface area contributed by atoms with Crippen LogP contribution in [0.5, 0.6) is 0 Å². The van der Waals surface area contributed by atoms with Crippen molar-refractivity contribution in [3.05, 3.63) is 35.6 Å². The number of benzene rings is 1. The highest BCUT2D eigenvalue weighted by atomic mass is 19.1. The van der Waals surface area contributed by atoms with E-state index in [1.54, 1.807) is 12.1 Å². The van der Waals surface area contributed by atoms with Crippen LogP contribution in [0.3, 0.4) is 0 Å². The van der Waals surface area contributed by atoms with Crippen molar-refractivity contribution >= 4 is 0 Å². The highest BCUT2D eigenvalue weighted by Gasteiger charge is 2.18. The summed E-state index contributed by atoms with van der Waals surface area (Å²) in [5, 5.41) is 13.7. The maximum Gasteiger partial charge on any atom is 0.123 e. The number of aliphatic hydroxyl groups is 1. The summed E-state index contributed by atoms with van der Waals surface area (Å²) >= 11 is 0. The van der Waals surface area contributed by atoms with Crippen molar-refractivity contribution in [3.63, 3.8) is 0 Å². The van der Waals surface area contributed by atoms with Gasteiger partial charge >= 0.3 is 0 Å². The van der Waals surface area contributed by atoms with E-state index >= 15 is 0 Å². The van der Waals surface area contributed by atoms with Crippen molar-refractivity contribution in [1.29, 1.82) is 0 Å². The average Bonchev–Trinajstić information content (AvgIpc) is 2.40. The van der Waals surface area contributed by atoms with Gasteiger partial charge in [-0.1, -0.05) is 31.4 Å². The Hall–Kier alpha value is -0.930. The van der Waals surface area contributed by atoms with Crippen molar-refractivity contribution in [3.8, 4) is 0 Å². The summed E-state index contributed by atoms with van der Waals surface area (Å²) in [6.45, 7) is 2.11. The maximum absolute atomic E-state index is 12.8. The Morgan fingerprint density at radius 3 is 2.47 bits per heavy atom. The molecular weight excluding hydrogens is 241 g/mol. The molecule has 1 aromatic rings. The number of aliphatic hydroxyl groups excluding tert-OH is 1. The fourth-order valence-corrected chi connectivity index (χ4v) is 2.90. The molecule has 0 heterocycles. The van der Waals surface area contributed by atoms with Gasteiger partial charge in [0, 0.05) is 12.1 Å². The van der Waals surface area contributed by atoms with Gasteiger partial charge in [0.25, 0.3) is 0 Å². The van der Waals surface area contributed by atoms with Crippen LogP contribution in [0.2, 0.25) is 0 Å². The van der Waals surface area contributed by atoms with Crippen molar-refractivity contribution < 1.29 is 9.50 Å². The first-order valence-corrected chi connectivity index (χ1v) is 7.34. The Bertz CT molecular complexity index is 373. The van der Waals surface area contributed by atoms with Crippen molar-refractivity contribution in [1.82, 2.24) is 5.32 Å². The second kappa shape index (κ2) is 7.01. The molecule has 1 aliphatic rings. The number of hydrogen-bond donors (Lipinski definition) is 2. The molecule has 0 spiro atoms. The fraction of sp³-hybridized carbons (Fsp3) is 0.625. The Kier molecular flexibility index (Phi) is 5.34. The normalized spacial score (nSPS) is 20.2. The lowest BCUT2D eigenvalue weighted by Crippen LogP contribution is -2.38. The summed E-state index contributed by atoms with van der Waals surface area (Å²) in [6, 6.07) is 7.00. The van der Waals surface area contributed by atoms with Crippen molar-refractivity contribution in [2.75, 3.05) is 0 Å². The summed E-state index contributed by atoms with van der Waals surface area (Å²) in [5.74, 6) is -0.260. The highest BCUT2D eigenvalue weighted by Crippen LogP contribution is 2.21. The Balaban J connectivity index is 1.80. The van der Waals surface area contributed by atoms with E-state index in [4.69, 9.17) is 0 Å². The predicted octanol–water partition coefficient (Wildman–Crippen LogP) is 3.56. The second-order valence-corrected chi connectivity index (χ2v) is 5.71. The summed E-state index contributed by atoms with van der Waals surface area (Å²) < 4.78 is 12.8. The standard InChI is InChI=1S/C16H24FNO/c1-12(18-15-5-3-2-4-6-15)11-16(19)13-7-9-14(17)10-8-13/h7-10,12,15-16,18-19H,2-6,11H2,1H3. The zero-order valence-corrected chi connectivity index (χ0v) is 11.6. The number of nitrogens with one attached hydrogen (secondary N) is 1. The first-order valence-electron chi connectivity index (χ1n) is 7.34. The minimum Gasteiger partial charge on any atom is -0.388 e. The zero-order valence-electron chi connectivity index (χ0n) is 11.6. The third-order valence-corrected chi connectivity index (χ3v) is 3.96. The molecule has 0 amide bonds. The van der Waals surface area contributed by atoms with Crippen LogP contribution >= 0.6 is 0 Å². The highest BCUT2D eigenvalue weighted by molar-refractivity contribution is 5.18. The fourth-order valence-electron chi connectivity index (χ4n) is 2.90. The van der Waals surface area contributed by atoms with Gasteiger partial charge in [0.05, 0.1) is 6.10 Å². The van der Waals surface area contributed by atoms with Gasteiger partial charge in [-0.15, -0.1) is 0 Å². The molecule has 1 aliphatic carbocycles. The van der Waals surface area contributed by atoms with Crippen molar-refractivity contribution in [2.45, 2.75) is 63.6 Å². The Morgan fingerprint density at radius 1 is 1.21 bits per heavy atom. The number of rotatable bonds is 5. The van der Waals surface area contributed by atoms with E-state index in [2.05, 4.69) is 12.2 Å². The van der Waals surface area contributed by atoms with E-state index in [9.17, 15) is 9.50 Å².